The van der Waals surface area contributed by atoms with Gasteiger partial charge in [0.25, 0.3) is 5.91 Å². The number of imidazole rings is 1. The smallest absolute Gasteiger partial charge is 0.257 e. The third kappa shape index (κ3) is 3.54. The van der Waals surface area contributed by atoms with Crippen LogP contribution in [0.1, 0.15) is 62.3 Å². The average molecular weight is 460 g/mol. The summed E-state index contributed by atoms with van der Waals surface area (Å²) in [6, 6.07) is 14.7. The van der Waals surface area contributed by atoms with Crippen molar-refractivity contribution in [2.24, 2.45) is 5.92 Å². The number of H-pyrrole nitrogens is 1. The fourth-order valence-corrected chi connectivity index (χ4v) is 5.17. The minimum atomic E-state index is -0.765. The third-order valence-corrected chi connectivity index (χ3v) is 6.99. The molecule has 34 heavy (non-hydrogen) atoms. The van der Waals surface area contributed by atoms with Gasteiger partial charge in [-0.25, -0.2) is 4.98 Å². The van der Waals surface area contributed by atoms with Crippen LogP contribution in [0.5, 0.6) is 0 Å². The normalized spacial score (nSPS) is 20.6. The summed E-state index contributed by atoms with van der Waals surface area (Å²) in [6.45, 7) is 6.21. The van der Waals surface area contributed by atoms with Gasteiger partial charge < -0.3 is 15.2 Å². The lowest BCUT2D eigenvalue weighted by molar-refractivity contribution is -0.122. The summed E-state index contributed by atoms with van der Waals surface area (Å²) in [6.07, 6.45) is 1.05. The van der Waals surface area contributed by atoms with Crippen molar-refractivity contribution in [2.75, 3.05) is 11.4 Å². The van der Waals surface area contributed by atoms with Gasteiger partial charge in [-0.15, -0.1) is 0 Å². The van der Waals surface area contributed by atoms with Gasteiger partial charge in [-0.3, -0.25) is 19.3 Å². The number of carbonyl (C=O) groups is 3. The predicted octanol–water partition coefficient (Wildman–Crippen LogP) is 3.77. The van der Waals surface area contributed by atoms with Crippen molar-refractivity contribution in [3.05, 3.63) is 59.9 Å². The van der Waals surface area contributed by atoms with E-state index in [1.165, 1.54) is 0 Å². The molecule has 3 amide bonds. The van der Waals surface area contributed by atoms with Gasteiger partial charge in [-0.05, 0) is 43.5 Å². The summed E-state index contributed by atoms with van der Waals surface area (Å²) in [7, 11) is 0. The van der Waals surface area contributed by atoms with Crippen molar-refractivity contribution < 1.29 is 14.4 Å². The number of para-hydroxylation sites is 3. The first kappa shape index (κ1) is 22.1. The fourth-order valence-electron chi connectivity index (χ4n) is 5.17. The van der Waals surface area contributed by atoms with Gasteiger partial charge in [-0.2, -0.15) is 0 Å². The lowest BCUT2D eigenvalue weighted by Gasteiger charge is -2.48. The zero-order valence-electron chi connectivity index (χ0n) is 19.7. The highest BCUT2D eigenvalue weighted by Crippen LogP contribution is 2.44. The minimum absolute atomic E-state index is 0.00154. The predicted molar refractivity (Wildman–Crippen MR) is 129 cm³/mol. The Morgan fingerprint density at radius 1 is 1.15 bits per heavy atom. The van der Waals surface area contributed by atoms with Crippen molar-refractivity contribution >= 4 is 34.4 Å². The Labute approximate surface area is 198 Å². The van der Waals surface area contributed by atoms with Gasteiger partial charge in [0, 0.05) is 19.4 Å². The van der Waals surface area contributed by atoms with E-state index in [2.05, 4.69) is 15.3 Å². The summed E-state index contributed by atoms with van der Waals surface area (Å²) in [4.78, 5) is 50.5. The molecule has 2 aromatic carbocycles. The van der Waals surface area contributed by atoms with E-state index in [-0.39, 0.29) is 42.6 Å². The molecule has 3 heterocycles. The lowest BCUT2D eigenvalue weighted by Crippen LogP contribution is -2.62. The van der Waals surface area contributed by atoms with E-state index in [0.29, 0.717) is 29.9 Å². The fraction of sp³-hybridized carbons (Fsp3) is 0.385. The molecule has 8 nitrogen and oxygen atoms in total. The molecular weight excluding hydrogens is 430 g/mol. The number of benzene rings is 2. The Morgan fingerprint density at radius 3 is 2.65 bits per heavy atom. The molecule has 1 fully saturated rings. The summed E-state index contributed by atoms with van der Waals surface area (Å²) in [5.74, 6) is 0.530. The third-order valence-electron chi connectivity index (χ3n) is 6.99. The zero-order chi connectivity index (χ0) is 24.0. The molecule has 176 valence electrons. The number of nitrogens with one attached hydrogen (secondary N) is 2. The first-order chi connectivity index (χ1) is 16.3. The number of carbonyl (C=O) groups excluding carboxylic acids is 3. The monoisotopic (exact) mass is 459 g/mol. The summed E-state index contributed by atoms with van der Waals surface area (Å²) >= 11 is 0. The maximum atomic E-state index is 13.4. The molecule has 2 atom stereocenters. The van der Waals surface area contributed by atoms with Crippen molar-refractivity contribution in [2.45, 2.75) is 51.7 Å². The Bertz CT molecular complexity index is 1250. The van der Waals surface area contributed by atoms with Gasteiger partial charge >= 0.3 is 0 Å². The minimum Gasteiger partial charge on any atom is -0.346 e. The van der Waals surface area contributed by atoms with Crippen LogP contribution in [0.2, 0.25) is 0 Å². The van der Waals surface area contributed by atoms with E-state index in [0.717, 1.165) is 11.0 Å². The number of amides is 3. The van der Waals surface area contributed by atoms with Crippen molar-refractivity contribution in [3.63, 3.8) is 0 Å². The van der Waals surface area contributed by atoms with Crippen LogP contribution in [0, 0.1) is 5.92 Å². The Kier molecular flexibility index (Phi) is 5.38. The van der Waals surface area contributed by atoms with Crippen molar-refractivity contribution in [1.82, 2.24) is 20.2 Å². The second kappa shape index (κ2) is 8.27. The first-order valence-electron chi connectivity index (χ1n) is 11.8. The number of fused-ring (bicyclic) bond motifs is 4. The molecule has 2 aliphatic rings. The van der Waals surface area contributed by atoms with Crippen molar-refractivity contribution in [1.29, 1.82) is 0 Å². The van der Waals surface area contributed by atoms with Crippen LogP contribution in [0.3, 0.4) is 0 Å². The van der Waals surface area contributed by atoms with Crippen LogP contribution in [0.4, 0.5) is 5.69 Å². The van der Waals surface area contributed by atoms with Gasteiger partial charge in [0.2, 0.25) is 11.8 Å². The largest absolute Gasteiger partial charge is 0.346 e. The Hall–Kier alpha value is -3.68. The summed E-state index contributed by atoms with van der Waals surface area (Å²) in [5.41, 5.74) is 2.17. The van der Waals surface area contributed by atoms with Crippen LogP contribution in [-0.4, -0.2) is 44.8 Å². The average Bonchev–Trinajstić information content (AvgIpc) is 3.38. The summed E-state index contributed by atoms with van der Waals surface area (Å²) < 4.78 is 0. The molecule has 2 aliphatic heterocycles. The van der Waals surface area contributed by atoms with E-state index >= 15 is 0 Å². The van der Waals surface area contributed by atoms with Gasteiger partial charge in [0.05, 0.1) is 28.3 Å². The molecule has 0 radical (unpaired) electrons. The molecule has 0 aliphatic carbocycles. The molecule has 0 bridgehead atoms. The number of aromatic nitrogens is 2. The maximum Gasteiger partial charge on any atom is 0.257 e. The molecule has 5 rings (SSSR count). The number of hydrogen-bond donors (Lipinski definition) is 2. The molecule has 0 unspecified atom stereocenters. The highest BCUT2D eigenvalue weighted by molar-refractivity contribution is 6.10. The summed E-state index contributed by atoms with van der Waals surface area (Å²) in [5, 5.41) is 3.10. The van der Waals surface area contributed by atoms with Crippen LogP contribution >= 0.6 is 0 Å². The maximum absolute atomic E-state index is 13.4. The van der Waals surface area contributed by atoms with E-state index in [4.69, 9.17) is 0 Å². The van der Waals surface area contributed by atoms with Crippen LogP contribution < -0.4 is 10.2 Å². The highest BCUT2D eigenvalue weighted by atomic mass is 16.2. The zero-order valence-corrected chi connectivity index (χ0v) is 19.7. The SMILES string of the molecule is CC(C)[C@H](NC(=O)CCN1C(=O)c2ccccc2N2C(=O)CC[C@@]12C)c1nc2ccccc2[nH]1. The van der Waals surface area contributed by atoms with Crippen LogP contribution in [0.15, 0.2) is 48.5 Å². The van der Waals surface area contributed by atoms with E-state index < -0.39 is 5.66 Å². The Balaban J connectivity index is 1.34. The standard InChI is InChI=1S/C26H29N5O3/c1-16(2)23(24-27-18-9-5-6-10-19(18)28-24)29-21(32)13-15-30-25(34)17-8-4-7-11-20(17)31-22(33)12-14-26(30,31)3/h4-11,16,23H,12-15H2,1-3H3,(H,27,28)(H,29,32)/t23-,26-/m0/s1. The van der Waals surface area contributed by atoms with E-state index in [9.17, 15) is 14.4 Å². The second-order valence-electron chi connectivity index (χ2n) is 9.60. The van der Waals surface area contributed by atoms with E-state index in [1.807, 2.05) is 57.2 Å². The van der Waals surface area contributed by atoms with E-state index in [1.54, 1.807) is 21.9 Å². The molecule has 0 spiro atoms. The lowest BCUT2D eigenvalue weighted by atomic mass is 9.98. The first-order valence-corrected chi connectivity index (χ1v) is 11.8. The van der Waals surface area contributed by atoms with Gasteiger partial charge in [0.1, 0.15) is 11.5 Å². The van der Waals surface area contributed by atoms with Gasteiger partial charge in [-0.1, -0.05) is 38.1 Å². The highest BCUT2D eigenvalue weighted by Gasteiger charge is 2.52. The molecule has 1 saturated heterocycles. The molecule has 1 aromatic heterocycles. The number of rotatable bonds is 6. The Morgan fingerprint density at radius 2 is 1.88 bits per heavy atom. The number of aromatic amines is 1. The molecule has 0 saturated carbocycles. The second-order valence-corrected chi connectivity index (χ2v) is 9.60. The number of hydrogen-bond acceptors (Lipinski definition) is 4. The number of anilines is 1. The van der Waals surface area contributed by atoms with Crippen LogP contribution in [0.25, 0.3) is 11.0 Å². The molecular formula is C26H29N5O3. The topological polar surface area (TPSA) is 98.4 Å². The number of nitrogens with zero attached hydrogens (tertiary/aromatic N) is 3. The molecule has 3 aromatic rings. The van der Waals surface area contributed by atoms with Gasteiger partial charge in [0.15, 0.2) is 0 Å². The van der Waals surface area contributed by atoms with Crippen LogP contribution in [-0.2, 0) is 9.59 Å². The molecule has 8 heteroatoms. The molecule has 2 N–H and O–H groups in total. The quantitative estimate of drug-likeness (QED) is 0.586. The van der Waals surface area contributed by atoms with Crippen molar-refractivity contribution in [3.8, 4) is 0 Å².